The summed E-state index contributed by atoms with van der Waals surface area (Å²) in [5.74, 6) is -0.104. The predicted molar refractivity (Wildman–Crippen MR) is 72.4 cm³/mol. The van der Waals surface area contributed by atoms with Gasteiger partial charge >= 0.3 is 5.97 Å². The van der Waals surface area contributed by atoms with Crippen LogP contribution in [0.3, 0.4) is 0 Å². The van der Waals surface area contributed by atoms with E-state index in [1.54, 1.807) is 0 Å². The van der Waals surface area contributed by atoms with Crippen LogP contribution in [0.5, 0.6) is 0 Å². The normalized spacial score (nSPS) is 10.6. The quantitative estimate of drug-likeness (QED) is 0.911. The second kappa shape index (κ2) is 5.35. The van der Waals surface area contributed by atoms with Crippen molar-refractivity contribution in [1.29, 1.82) is 0 Å². The molecule has 2 aromatic rings. The number of H-pyrrole nitrogens is 1. The zero-order valence-corrected chi connectivity index (χ0v) is 11.5. The molecule has 0 radical (unpaired) electrons. The number of carboxylic acid groups (broad SMARTS) is 1. The molecule has 0 unspecified atom stereocenters. The molecule has 0 spiro atoms. The molecule has 0 saturated heterocycles. The summed E-state index contributed by atoms with van der Waals surface area (Å²) in [4.78, 5) is 18.1. The van der Waals surface area contributed by atoms with E-state index in [-0.39, 0.29) is 6.42 Å². The maximum absolute atomic E-state index is 10.5. The number of hydrogen-bond acceptors (Lipinski definition) is 2. The van der Waals surface area contributed by atoms with Crippen molar-refractivity contribution in [2.75, 3.05) is 0 Å². The largest absolute Gasteiger partial charge is 0.481 e. The molecule has 1 aromatic carbocycles. The topological polar surface area (TPSA) is 66.0 Å². The molecule has 0 fully saturated rings. The average molecular weight is 309 g/mol. The zero-order valence-electron chi connectivity index (χ0n) is 9.90. The summed E-state index contributed by atoms with van der Waals surface area (Å²) < 4.78 is 0.976. The van der Waals surface area contributed by atoms with Gasteiger partial charge in [-0.15, -0.1) is 0 Å². The summed E-state index contributed by atoms with van der Waals surface area (Å²) in [6.07, 6.45) is 0.503. The second-order valence-electron chi connectivity index (χ2n) is 4.03. The lowest BCUT2D eigenvalue weighted by atomic mass is 10.1. The van der Waals surface area contributed by atoms with Gasteiger partial charge in [-0.3, -0.25) is 4.79 Å². The number of imidazole rings is 1. The molecule has 0 saturated carbocycles. The van der Waals surface area contributed by atoms with Crippen LogP contribution in [0, 0.1) is 6.92 Å². The Kier molecular flexibility index (Phi) is 3.81. The molecule has 2 rings (SSSR count). The fraction of sp³-hybridized carbons (Fsp3) is 0.231. The third-order valence-corrected chi connectivity index (χ3v) is 3.33. The summed E-state index contributed by atoms with van der Waals surface area (Å²) in [5, 5.41) is 8.66. The molecule has 0 aliphatic carbocycles. The molecule has 5 heteroatoms. The van der Waals surface area contributed by atoms with Crippen LogP contribution in [0.1, 0.15) is 17.9 Å². The Bertz CT molecular complexity index is 578. The van der Waals surface area contributed by atoms with Gasteiger partial charge in [-0.05, 0) is 13.0 Å². The van der Waals surface area contributed by atoms with E-state index in [0.717, 1.165) is 21.4 Å². The van der Waals surface area contributed by atoms with E-state index < -0.39 is 5.97 Å². The number of nitrogens with zero attached hydrogens (tertiary/aromatic N) is 1. The van der Waals surface area contributed by atoms with Crippen LogP contribution in [0.15, 0.2) is 28.7 Å². The minimum absolute atomic E-state index is 0.0857. The average Bonchev–Trinajstić information content (AvgIpc) is 2.69. The van der Waals surface area contributed by atoms with Gasteiger partial charge in [0.1, 0.15) is 5.82 Å². The lowest BCUT2D eigenvalue weighted by molar-refractivity contribution is -0.137. The maximum Gasteiger partial charge on any atom is 0.303 e. The first-order chi connectivity index (χ1) is 8.58. The van der Waals surface area contributed by atoms with Gasteiger partial charge < -0.3 is 10.1 Å². The highest BCUT2D eigenvalue weighted by Crippen LogP contribution is 2.28. The number of aromatic amines is 1. The Morgan fingerprint density at radius 1 is 1.44 bits per heavy atom. The third kappa shape index (κ3) is 2.79. The summed E-state index contributed by atoms with van der Waals surface area (Å²) >= 11 is 3.49. The van der Waals surface area contributed by atoms with Crippen LogP contribution >= 0.6 is 15.9 Å². The Labute approximate surface area is 113 Å². The number of nitrogens with one attached hydrogen (secondary N) is 1. The van der Waals surface area contributed by atoms with E-state index >= 15 is 0 Å². The van der Waals surface area contributed by atoms with Crippen molar-refractivity contribution in [3.8, 4) is 11.3 Å². The van der Waals surface area contributed by atoms with Gasteiger partial charge in [0, 0.05) is 22.2 Å². The van der Waals surface area contributed by atoms with Gasteiger partial charge in [0.15, 0.2) is 0 Å². The van der Waals surface area contributed by atoms with Crippen molar-refractivity contribution in [2.24, 2.45) is 0 Å². The standard InChI is InChI=1S/C13H13BrN2O2/c1-8-13(9-4-2-3-5-10(9)14)16-11(15-8)6-7-12(17)18/h2-5H,6-7H2,1H3,(H,15,16)(H,17,18). The van der Waals surface area contributed by atoms with Gasteiger partial charge in [-0.25, -0.2) is 4.98 Å². The lowest BCUT2D eigenvalue weighted by Gasteiger charge is -2.01. The Morgan fingerprint density at radius 2 is 2.17 bits per heavy atom. The number of carboxylic acids is 1. The zero-order chi connectivity index (χ0) is 13.1. The number of carbonyl (C=O) groups is 1. The van der Waals surface area contributed by atoms with Crippen LogP contribution in [0.4, 0.5) is 0 Å². The van der Waals surface area contributed by atoms with E-state index in [9.17, 15) is 4.79 Å². The molecule has 0 aliphatic heterocycles. The minimum Gasteiger partial charge on any atom is -0.481 e. The number of rotatable bonds is 4. The molecule has 0 atom stereocenters. The predicted octanol–water partition coefficient (Wildman–Crippen LogP) is 3.16. The molecule has 4 nitrogen and oxygen atoms in total. The molecular weight excluding hydrogens is 296 g/mol. The number of benzene rings is 1. The number of aromatic nitrogens is 2. The highest BCUT2D eigenvalue weighted by molar-refractivity contribution is 9.10. The number of aryl methyl sites for hydroxylation is 2. The fourth-order valence-corrected chi connectivity index (χ4v) is 2.25. The Morgan fingerprint density at radius 3 is 2.83 bits per heavy atom. The molecular formula is C13H13BrN2O2. The molecule has 1 aromatic heterocycles. The molecule has 2 N–H and O–H groups in total. The van der Waals surface area contributed by atoms with E-state index in [4.69, 9.17) is 5.11 Å². The van der Waals surface area contributed by atoms with Gasteiger partial charge in [0.2, 0.25) is 0 Å². The first kappa shape index (κ1) is 12.8. The third-order valence-electron chi connectivity index (χ3n) is 2.64. The van der Waals surface area contributed by atoms with Crippen molar-refractivity contribution in [3.05, 3.63) is 40.3 Å². The fourth-order valence-electron chi connectivity index (χ4n) is 1.78. The number of halogens is 1. The molecule has 0 aliphatic rings. The number of hydrogen-bond donors (Lipinski definition) is 2. The van der Waals surface area contributed by atoms with Crippen molar-refractivity contribution in [2.45, 2.75) is 19.8 Å². The SMILES string of the molecule is Cc1[nH]c(CCC(=O)O)nc1-c1ccccc1Br. The molecule has 1 heterocycles. The van der Waals surface area contributed by atoms with E-state index in [2.05, 4.69) is 25.9 Å². The monoisotopic (exact) mass is 308 g/mol. The molecule has 0 bridgehead atoms. The Hall–Kier alpha value is -1.62. The van der Waals surface area contributed by atoms with Crippen LogP contribution in [-0.2, 0) is 11.2 Å². The second-order valence-corrected chi connectivity index (χ2v) is 4.89. The molecule has 18 heavy (non-hydrogen) atoms. The highest BCUT2D eigenvalue weighted by atomic mass is 79.9. The lowest BCUT2D eigenvalue weighted by Crippen LogP contribution is -1.98. The van der Waals surface area contributed by atoms with Crippen molar-refractivity contribution in [3.63, 3.8) is 0 Å². The minimum atomic E-state index is -0.813. The van der Waals surface area contributed by atoms with E-state index in [1.807, 2.05) is 31.2 Å². The van der Waals surface area contributed by atoms with Crippen LogP contribution < -0.4 is 0 Å². The van der Waals surface area contributed by atoms with Crippen LogP contribution in [0.2, 0.25) is 0 Å². The van der Waals surface area contributed by atoms with Gasteiger partial charge in [-0.1, -0.05) is 34.1 Å². The van der Waals surface area contributed by atoms with Crippen molar-refractivity contribution in [1.82, 2.24) is 9.97 Å². The van der Waals surface area contributed by atoms with Crippen LogP contribution in [-0.4, -0.2) is 21.0 Å². The summed E-state index contributed by atoms with van der Waals surface area (Å²) in [7, 11) is 0. The van der Waals surface area contributed by atoms with Gasteiger partial charge in [0.25, 0.3) is 0 Å². The van der Waals surface area contributed by atoms with E-state index in [1.165, 1.54) is 0 Å². The summed E-state index contributed by atoms with van der Waals surface area (Å²) in [6.45, 7) is 1.94. The summed E-state index contributed by atoms with van der Waals surface area (Å²) in [5.41, 5.74) is 2.82. The number of aliphatic carboxylic acids is 1. The van der Waals surface area contributed by atoms with Crippen LogP contribution in [0.25, 0.3) is 11.3 Å². The highest BCUT2D eigenvalue weighted by Gasteiger charge is 2.12. The first-order valence-corrected chi connectivity index (χ1v) is 6.39. The smallest absolute Gasteiger partial charge is 0.303 e. The van der Waals surface area contributed by atoms with Crippen molar-refractivity contribution >= 4 is 21.9 Å². The van der Waals surface area contributed by atoms with Gasteiger partial charge in [0.05, 0.1) is 12.1 Å². The molecule has 0 amide bonds. The van der Waals surface area contributed by atoms with Gasteiger partial charge in [-0.2, -0.15) is 0 Å². The summed E-state index contributed by atoms with van der Waals surface area (Å²) in [6, 6.07) is 7.83. The van der Waals surface area contributed by atoms with Crippen molar-refractivity contribution < 1.29 is 9.90 Å². The Balaban J connectivity index is 2.30. The maximum atomic E-state index is 10.5. The first-order valence-electron chi connectivity index (χ1n) is 5.60. The van der Waals surface area contributed by atoms with E-state index in [0.29, 0.717) is 12.2 Å². The molecule has 94 valence electrons.